The largest absolute Gasteiger partial charge is 0.416 e. The Morgan fingerprint density at radius 3 is 2.38 bits per heavy atom. The third-order valence-corrected chi connectivity index (χ3v) is 4.36. The maximum absolute atomic E-state index is 13.3. The molecule has 1 heterocycles. The molecule has 0 spiro atoms. The van der Waals surface area contributed by atoms with Gasteiger partial charge in [0.25, 0.3) is 5.91 Å². The second-order valence-corrected chi connectivity index (χ2v) is 6.24. The van der Waals surface area contributed by atoms with E-state index in [1.807, 2.05) is 4.90 Å². The molecule has 1 fully saturated rings. The van der Waals surface area contributed by atoms with Crippen LogP contribution in [0.15, 0.2) is 42.5 Å². The average Bonchev–Trinajstić information content (AvgIpc) is 2.61. The van der Waals surface area contributed by atoms with Crippen LogP contribution in [-0.2, 0) is 6.18 Å². The molecule has 0 unspecified atom stereocenters. The number of halogens is 4. The van der Waals surface area contributed by atoms with Crippen LogP contribution in [-0.4, -0.2) is 19.0 Å². The standard InChI is InChI=1S/C19H18F4N2O/c20-15-6-4-5-13(11-15)18(26)24-16-12-14(19(21,22)23)7-8-17(16)25-9-2-1-3-10-25/h4-8,11-12H,1-3,9-10H2,(H,24,26). The molecular formula is C19H18F4N2O. The van der Waals surface area contributed by atoms with E-state index in [9.17, 15) is 22.4 Å². The van der Waals surface area contributed by atoms with Crippen LogP contribution in [0, 0.1) is 5.82 Å². The monoisotopic (exact) mass is 366 g/mol. The fraction of sp³-hybridized carbons (Fsp3) is 0.316. The van der Waals surface area contributed by atoms with E-state index in [-0.39, 0.29) is 11.3 Å². The molecule has 3 nitrogen and oxygen atoms in total. The first-order valence-corrected chi connectivity index (χ1v) is 8.38. The number of nitrogens with one attached hydrogen (secondary N) is 1. The summed E-state index contributed by atoms with van der Waals surface area (Å²) in [5.74, 6) is -1.24. The topological polar surface area (TPSA) is 32.3 Å². The van der Waals surface area contributed by atoms with E-state index in [1.54, 1.807) is 0 Å². The number of piperidine rings is 1. The van der Waals surface area contributed by atoms with Crippen LogP contribution in [0.1, 0.15) is 35.2 Å². The van der Waals surface area contributed by atoms with Crippen LogP contribution in [0.5, 0.6) is 0 Å². The first-order chi connectivity index (χ1) is 12.3. The highest BCUT2D eigenvalue weighted by atomic mass is 19.4. The van der Waals surface area contributed by atoms with Gasteiger partial charge in [-0.2, -0.15) is 13.2 Å². The van der Waals surface area contributed by atoms with E-state index in [0.29, 0.717) is 18.8 Å². The van der Waals surface area contributed by atoms with Gasteiger partial charge >= 0.3 is 6.18 Å². The van der Waals surface area contributed by atoms with Gasteiger partial charge in [-0.05, 0) is 55.7 Å². The van der Waals surface area contributed by atoms with Crippen molar-refractivity contribution in [3.63, 3.8) is 0 Å². The zero-order valence-corrected chi connectivity index (χ0v) is 13.9. The van der Waals surface area contributed by atoms with Crippen molar-refractivity contribution in [2.45, 2.75) is 25.4 Å². The molecule has 3 rings (SSSR count). The number of nitrogens with zero attached hydrogens (tertiary/aromatic N) is 1. The summed E-state index contributed by atoms with van der Waals surface area (Å²) in [5.41, 5.74) is -0.168. The van der Waals surface area contributed by atoms with Crippen molar-refractivity contribution in [3.8, 4) is 0 Å². The summed E-state index contributed by atoms with van der Waals surface area (Å²) in [4.78, 5) is 14.3. The van der Waals surface area contributed by atoms with Gasteiger partial charge in [0.1, 0.15) is 5.82 Å². The van der Waals surface area contributed by atoms with E-state index in [1.165, 1.54) is 24.3 Å². The second kappa shape index (κ2) is 7.35. The fourth-order valence-electron chi connectivity index (χ4n) is 3.05. The molecule has 1 aliphatic rings. The Morgan fingerprint density at radius 2 is 1.73 bits per heavy atom. The van der Waals surface area contributed by atoms with Crippen molar-refractivity contribution >= 4 is 17.3 Å². The summed E-state index contributed by atoms with van der Waals surface area (Å²) < 4.78 is 52.6. The van der Waals surface area contributed by atoms with Crippen LogP contribution in [0.4, 0.5) is 28.9 Å². The summed E-state index contributed by atoms with van der Waals surface area (Å²) in [5, 5.41) is 2.52. The minimum Gasteiger partial charge on any atom is -0.370 e. The Bertz CT molecular complexity index is 798. The molecule has 138 valence electrons. The highest BCUT2D eigenvalue weighted by Crippen LogP contribution is 2.36. The normalized spacial score (nSPS) is 15.0. The smallest absolute Gasteiger partial charge is 0.370 e. The molecule has 1 N–H and O–H groups in total. The summed E-state index contributed by atoms with van der Waals surface area (Å²) in [7, 11) is 0. The van der Waals surface area contributed by atoms with Gasteiger partial charge in [-0.25, -0.2) is 4.39 Å². The lowest BCUT2D eigenvalue weighted by Gasteiger charge is -2.31. The Morgan fingerprint density at radius 1 is 1.00 bits per heavy atom. The van der Waals surface area contributed by atoms with E-state index in [2.05, 4.69) is 5.32 Å². The Hall–Kier alpha value is -2.57. The maximum atomic E-state index is 13.3. The number of hydrogen-bond acceptors (Lipinski definition) is 2. The van der Waals surface area contributed by atoms with E-state index in [0.717, 1.165) is 37.5 Å². The van der Waals surface area contributed by atoms with Crippen LogP contribution in [0.25, 0.3) is 0 Å². The number of benzene rings is 2. The van der Waals surface area contributed by atoms with Crippen molar-refractivity contribution < 1.29 is 22.4 Å². The minimum absolute atomic E-state index is 0.0482. The number of amides is 1. The summed E-state index contributed by atoms with van der Waals surface area (Å²) in [6.07, 6.45) is -1.56. The Balaban J connectivity index is 1.94. The summed E-state index contributed by atoms with van der Waals surface area (Å²) in [6, 6.07) is 8.36. The lowest BCUT2D eigenvalue weighted by molar-refractivity contribution is -0.137. The van der Waals surface area contributed by atoms with Gasteiger partial charge in [0.05, 0.1) is 16.9 Å². The molecular weight excluding hydrogens is 348 g/mol. The molecule has 2 aromatic rings. The number of carbonyl (C=O) groups excluding carboxylic acids is 1. The number of anilines is 2. The molecule has 0 radical (unpaired) electrons. The number of alkyl halides is 3. The molecule has 2 aromatic carbocycles. The van der Waals surface area contributed by atoms with Gasteiger partial charge in [-0.3, -0.25) is 4.79 Å². The fourth-order valence-corrected chi connectivity index (χ4v) is 3.05. The molecule has 1 amide bonds. The lowest BCUT2D eigenvalue weighted by Crippen LogP contribution is -2.30. The average molecular weight is 366 g/mol. The minimum atomic E-state index is -4.52. The Kier molecular flexibility index (Phi) is 5.15. The summed E-state index contributed by atoms with van der Waals surface area (Å²) in [6.45, 7) is 1.43. The number of hydrogen-bond donors (Lipinski definition) is 1. The molecule has 0 aliphatic carbocycles. The predicted octanol–water partition coefficient (Wildman–Crippen LogP) is 5.09. The number of rotatable bonds is 3. The zero-order chi connectivity index (χ0) is 18.7. The van der Waals surface area contributed by atoms with Crippen molar-refractivity contribution in [1.82, 2.24) is 0 Å². The van der Waals surface area contributed by atoms with E-state index < -0.39 is 23.5 Å². The predicted molar refractivity (Wildman–Crippen MR) is 91.9 cm³/mol. The summed E-state index contributed by atoms with van der Waals surface area (Å²) >= 11 is 0. The highest BCUT2D eigenvalue weighted by Gasteiger charge is 2.32. The molecule has 0 saturated carbocycles. The molecule has 0 bridgehead atoms. The van der Waals surface area contributed by atoms with Gasteiger partial charge in [0.2, 0.25) is 0 Å². The number of carbonyl (C=O) groups is 1. The van der Waals surface area contributed by atoms with Crippen molar-refractivity contribution in [3.05, 3.63) is 59.4 Å². The molecule has 26 heavy (non-hydrogen) atoms. The first-order valence-electron chi connectivity index (χ1n) is 8.38. The quantitative estimate of drug-likeness (QED) is 0.768. The van der Waals surface area contributed by atoms with Gasteiger partial charge < -0.3 is 10.2 Å². The SMILES string of the molecule is O=C(Nc1cc(C(F)(F)F)ccc1N1CCCCC1)c1cccc(F)c1. The van der Waals surface area contributed by atoms with Gasteiger partial charge in [-0.15, -0.1) is 0 Å². The maximum Gasteiger partial charge on any atom is 0.416 e. The third-order valence-electron chi connectivity index (χ3n) is 4.36. The van der Waals surface area contributed by atoms with Gasteiger partial charge in [0, 0.05) is 18.7 Å². The first kappa shape index (κ1) is 18.2. The van der Waals surface area contributed by atoms with Gasteiger partial charge in [0.15, 0.2) is 0 Å². The van der Waals surface area contributed by atoms with Crippen molar-refractivity contribution in [2.24, 2.45) is 0 Å². The molecule has 0 aromatic heterocycles. The Labute approximate surface area is 148 Å². The molecule has 0 atom stereocenters. The van der Waals surface area contributed by atoms with E-state index in [4.69, 9.17) is 0 Å². The molecule has 1 aliphatic heterocycles. The van der Waals surface area contributed by atoms with Crippen LogP contribution >= 0.6 is 0 Å². The highest BCUT2D eigenvalue weighted by molar-refractivity contribution is 6.06. The molecule has 1 saturated heterocycles. The van der Waals surface area contributed by atoms with Crippen molar-refractivity contribution in [1.29, 1.82) is 0 Å². The molecule has 7 heteroatoms. The second-order valence-electron chi connectivity index (χ2n) is 6.24. The zero-order valence-electron chi connectivity index (χ0n) is 13.9. The van der Waals surface area contributed by atoms with Crippen LogP contribution in [0.2, 0.25) is 0 Å². The van der Waals surface area contributed by atoms with Crippen molar-refractivity contribution in [2.75, 3.05) is 23.3 Å². The lowest BCUT2D eigenvalue weighted by atomic mass is 10.1. The van der Waals surface area contributed by atoms with Crippen LogP contribution < -0.4 is 10.2 Å². The van der Waals surface area contributed by atoms with Crippen LogP contribution in [0.3, 0.4) is 0 Å². The van der Waals surface area contributed by atoms with E-state index >= 15 is 0 Å². The van der Waals surface area contributed by atoms with Gasteiger partial charge in [-0.1, -0.05) is 6.07 Å². The third kappa shape index (κ3) is 4.15.